The molecule has 0 radical (unpaired) electrons. The van der Waals surface area contributed by atoms with E-state index in [9.17, 15) is 14.7 Å². The molecule has 2 fully saturated rings. The number of urea groups is 1. The van der Waals surface area contributed by atoms with Crippen LogP contribution in [-0.2, 0) is 4.79 Å². The maximum atomic E-state index is 12.2. The molecule has 120 valence electrons. The largest absolute Gasteiger partial charge is 0.480 e. The fourth-order valence-corrected chi connectivity index (χ4v) is 3.54. The number of carboxylic acid groups (broad SMARTS) is 1. The topological polar surface area (TPSA) is 89.9 Å². The standard InChI is InChI=1S/C15H26N2O4/c1-2-5-12(13(18)19)16-14(20)17-9-8-15(21)7-4-3-6-11(15)10-17/h11-12,21H,2-10H2,1H3,(H,16,20)(H,18,19)/t11?,12-,15?/m1/s1. The summed E-state index contributed by atoms with van der Waals surface area (Å²) in [6, 6.07) is -1.14. The Morgan fingerprint density at radius 2 is 2.14 bits per heavy atom. The Labute approximate surface area is 125 Å². The van der Waals surface area contributed by atoms with Crippen molar-refractivity contribution in [2.45, 2.75) is 63.5 Å². The summed E-state index contributed by atoms with van der Waals surface area (Å²) in [6.45, 7) is 2.92. The fraction of sp³-hybridized carbons (Fsp3) is 0.867. The summed E-state index contributed by atoms with van der Waals surface area (Å²) in [5.74, 6) is -0.864. The predicted molar refractivity (Wildman–Crippen MR) is 78.0 cm³/mol. The number of fused-ring (bicyclic) bond motifs is 1. The molecule has 1 heterocycles. The molecule has 0 aromatic rings. The first-order chi connectivity index (χ1) is 9.96. The quantitative estimate of drug-likeness (QED) is 0.735. The van der Waals surface area contributed by atoms with Crippen LogP contribution in [0.5, 0.6) is 0 Å². The van der Waals surface area contributed by atoms with Gasteiger partial charge in [0.25, 0.3) is 0 Å². The molecule has 2 unspecified atom stereocenters. The lowest BCUT2D eigenvalue weighted by molar-refractivity contribution is -0.139. The van der Waals surface area contributed by atoms with Crippen LogP contribution in [0.15, 0.2) is 0 Å². The minimum absolute atomic E-state index is 0.125. The second kappa shape index (κ2) is 6.64. The zero-order valence-corrected chi connectivity index (χ0v) is 12.7. The van der Waals surface area contributed by atoms with Crippen LogP contribution in [0.4, 0.5) is 4.79 Å². The van der Waals surface area contributed by atoms with Crippen molar-refractivity contribution in [1.82, 2.24) is 10.2 Å². The van der Waals surface area contributed by atoms with Gasteiger partial charge in [0.2, 0.25) is 0 Å². The number of likely N-dealkylation sites (tertiary alicyclic amines) is 1. The van der Waals surface area contributed by atoms with Gasteiger partial charge in [-0.25, -0.2) is 9.59 Å². The lowest BCUT2D eigenvalue weighted by Gasteiger charge is -2.47. The third-order valence-corrected chi connectivity index (χ3v) is 4.89. The van der Waals surface area contributed by atoms with Gasteiger partial charge in [-0.05, 0) is 25.7 Å². The normalized spacial score (nSPS) is 30.4. The lowest BCUT2D eigenvalue weighted by Crippen LogP contribution is -2.58. The van der Waals surface area contributed by atoms with Crippen molar-refractivity contribution >= 4 is 12.0 Å². The van der Waals surface area contributed by atoms with E-state index in [-0.39, 0.29) is 11.9 Å². The summed E-state index contributed by atoms with van der Waals surface area (Å²) in [4.78, 5) is 25.0. The number of nitrogens with zero attached hydrogens (tertiary/aromatic N) is 1. The molecule has 0 spiro atoms. The van der Waals surface area contributed by atoms with Gasteiger partial charge < -0.3 is 20.4 Å². The second-order valence-electron chi connectivity index (χ2n) is 6.37. The molecule has 6 heteroatoms. The van der Waals surface area contributed by atoms with Crippen molar-refractivity contribution in [2.24, 2.45) is 5.92 Å². The Morgan fingerprint density at radius 3 is 2.81 bits per heavy atom. The molecule has 1 aliphatic carbocycles. The maximum absolute atomic E-state index is 12.2. The monoisotopic (exact) mass is 298 g/mol. The minimum Gasteiger partial charge on any atom is -0.480 e. The molecular weight excluding hydrogens is 272 g/mol. The summed E-state index contributed by atoms with van der Waals surface area (Å²) in [7, 11) is 0. The summed E-state index contributed by atoms with van der Waals surface area (Å²) >= 11 is 0. The molecule has 0 aromatic carbocycles. The van der Waals surface area contributed by atoms with E-state index in [1.807, 2.05) is 6.92 Å². The number of aliphatic carboxylic acids is 1. The van der Waals surface area contributed by atoms with Gasteiger partial charge in [0, 0.05) is 19.0 Å². The highest BCUT2D eigenvalue weighted by molar-refractivity contribution is 5.82. The molecule has 1 saturated carbocycles. The van der Waals surface area contributed by atoms with Crippen LogP contribution in [0.3, 0.4) is 0 Å². The van der Waals surface area contributed by atoms with Gasteiger partial charge in [-0.3, -0.25) is 0 Å². The lowest BCUT2D eigenvalue weighted by atomic mass is 9.71. The zero-order valence-electron chi connectivity index (χ0n) is 12.7. The Morgan fingerprint density at radius 1 is 1.38 bits per heavy atom. The van der Waals surface area contributed by atoms with Crippen LogP contribution in [0.1, 0.15) is 51.9 Å². The van der Waals surface area contributed by atoms with E-state index >= 15 is 0 Å². The van der Waals surface area contributed by atoms with E-state index in [4.69, 9.17) is 5.11 Å². The number of hydrogen-bond donors (Lipinski definition) is 3. The van der Waals surface area contributed by atoms with Crippen LogP contribution in [0.25, 0.3) is 0 Å². The van der Waals surface area contributed by atoms with Gasteiger partial charge in [0.15, 0.2) is 0 Å². The number of hydrogen-bond acceptors (Lipinski definition) is 3. The summed E-state index contributed by atoms with van der Waals surface area (Å²) in [6.07, 6.45) is 5.64. The van der Waals surface area contributed by atoms with E-state index in [0.29, 0.717) is 32.4 Å². The van der Waals surface area contributed by atoms with Crippen molar-refractivity contribution in [3.05, 3.63) is 0 Å². The Balaban J connectivity index is 1.93. The van der Waals surface area contributed by atoms with Gasteiger partial charge in [-0.1, -0.05) is 26.2 Å². The van der Waals surface area contributed by atoms with Crippen molar-refractivity contribution in [2.75, 3.05) is 13.1 Å². The summed E-state index contributed by atoms with van der Waals surface area (Å²) in [5.41, 5.74) is -0.620. The first kappa shape index (κ1) is 16.1. The van der Waals surface area contributed by atoms with Crippen molar-refractivity contribution in [1.29, 1.82) is 0 Å². The highest BCUT2D eigenvalue weighted by Gasteiger charge is 2.44. The summed E-state index contributed by atoms with van der Waals surface area (Å²) in [5, 5.41) is 22.3. The molecule has 1 saturated heterocycles. The molecule has 3 N–H and O–H groups in total. The van der Waals surface area contributed by atoms with Crippen LogP contribution in [0.2, 0.25) is 0 Å². The number of nitrogens with one attached hydrogen (secondary N) is 1. The molecule has 21 heavy (non-hydrogen) atoms. The number of piperidine rings is 1. The number of carboxylic acids is 1. The van der Waals surface area contributed by atoms with E-state index in [1.54, 1.807) is 4.90 Å². The number of aliphatic hydroxyl groups is 1. The van der Waals surface area contributed by atoms with Crippen molar-refractivity contribution in [3.63, 3.8) is 0 Å². The van der Waals surface area contributed by atoms with E-state index in [1.165, 1.54) is 0 Å². The highest BCUT2D eigenvalue weighted by atomic mass is 16.4. The van der Waals surface area contributed by atoms with Crippen molar-refractivity contribution < 1.29 is 19.8 Å². The maximum Gasteiger partial charge on any atom is 0.326 e. The molecule has 1 aliphatic heterocycles. The highest BCUT2D eigenvalue weighted by Crippen LogP contribution is 2.39. The number of carbonyl (C=O) groups is 2. The smallest absolute Gasteiger partial charge is 0.326 e. The van der Waals surface area contributed by atoms with Gasteiger partial charge in [-0.15, -0.1) is 0 Å². The molecule has 2 aliphatic rings. The SMILES string of the molecule is CCC[C@@H](NC(=O)N1CCC2(O)CCCCC2C1)C(=O)O. The molecule has 2 rings (SSSR count). The first-order valence-corrected chi connectivity index (χ1v) is 7.97. The molecule has 6 nitrogen and oxygen atoms in total. The minimum atomic E-state index is -0.989. The fourth-order valence-electron chi connectivity index (χ4n) is 3.54. The van der Waals surface area contributed by atoms with E-state index < -0.39 is 17.6 Å². The number of carbonyl (C=O) groups excluding carboxylic acids is 1. The predicted octanol–water partition coefficient (Wildman–Crippen LogP) is 1.58. The van der Waals surface area contributed by atoms with Crippen LogP contribution in [-0.4, -0.2) is 51.8 Å². The number of rotatable bonds is 4. The number of amides is 2. The van der Waals surface area contributed by atoms with Gasteiger partial charge in [0.1, 0.15) is 6.04 Å². The van der Waals surface area contributed by atoms with Crippen LogP contribution >= 0.6 is 0 Å². The van der Waals surface area contributed by atoms with Crippen LogP contribution < -0.4 is 5.32 Å². The zero-order chi connectivity index (χ0) is 15.5. The second-order valence-corrected chi connectivity index (χ2v) is 6.37. The third-order valence-electron chi connectivity index (χ3n) is 4.89. The Hall–Kier alpha value is -1.30. The summed E-state index contributed by atoms with van der Waals surface area (Å²) < 4.78 is 0. The Kier molecular flexibility index (Phi) is 5.08. The average molecular weight is 298 g/mol. The first-order valence-electron chi connectivity index (χ1n) is 7.97. The Bertz CT molecular complexity index is 401. The molecule has 0 bridgehead atoms. The van der Waals surface area contributed by atoms with E-state index in [0.717, 1.165) is 25.7 Å². The van der Waals surface area contributed by atoms with E-state index in [2.05, 4.69) is 5.32 Å². The van der Waals surface area contributed by atoms with Crippen LogP contribution in [0, 0.1) is 5.92 Å². The molecule has 0 aromatic heterocycles. The molecule has 3 atom stereocenters. The van der Waals surface area contributed by atoms with Crippen molar-refractivity contribution in [3.8, 4) is 0 Å². The van der Waals surface area contributed by atoms with Gasteiger partial charge in [0.05, 0.1) is 5.60 Å². The van der Waals surface area contributed by atoms with Gasteiger partial charge in [-0.2, -0.15) is 0 Å². The van der Waals surface area contributed by atoms with Gasteiger partial charge >= 0.3 is 12.0 Å². The molecular formula is C15H26N2O4. The average Bonchev–Trinajstić information content (AvgIpc) is 2.45. The third kappa shape index (κ3) is 3.67. The molecule has 2 amide bonds.